The van der Waals surface area contributed by atoms with Gasteiger partial charge in [0, 0.05) is 17.7 Å². The zero-order chi connectivity index (χ0) is 13.7. The van der Waals surface area contributed by atoms with E-state index in [4.69, 9.17) is 10.9 Å². The van der Waals surface area contributed by atoms with E-state index >= 15 is 0 Å². The van der Waals surface area contributed by atoms with Crippen LogP contribution in [0.1, 0.15) is 5.89 Å². The maximum Gasteiger partial charge on any atom is 0.269 e. The van der Waals surface area contributed by atoms with Crippen molar-refractivity contribution in [2.75, 3.05) is 6.54 Å². The number of aromatic nitrogens is 2. The van der Waals surface area contributed by atoms with Crippen LogP contribution in [0.4, 0.5) is 5.69 Å². The number of hydrogen-bond acceptors (Lipinski definition) is 6. The molecular weight excluding hydrogens is 248 g/mol. The van der Waals surface area contributed by atoms with Gasteiger partial charge in [-0.05, 0) is 12.1 Å². The van der Waals surface area contributed by atoms with Gasteiger partial charge in [-0.1, -0.05) is 11.1 Å². The van der Waals surface area contributed by atoms with Gasteiger partial charge in [0.25, 0.3) is 5.69 Å². The summed E-state index contributed by atoms with van der Waals surface area (Å²) in [7, 11) is 0. The quantitative estimate of drug-likeness (QED) is 0.376. The lowest BCUT2D eigenvalue weighted by atomic mass is 10.2. The van der Waals surface area contributed by atoms with E-state index in [1.165, 1.54) is 12.1 Å². The van der Waals surface area contributed by atoms with Gasteiger partial charge in [-0.2, -0.15) is 4.98 Å². The van der Waals surface area contributed by atoms with Gasteiger partial charge in [0.2, 0.25) is 11.7 Å². The number of non-ortho nitro benzene ring substituents is 1. The minimum absolute atomic E-state index is 0.0168. The third-order valence-corrected chi connectivity index (χ3v) is 2.31. The fourth-order valence-corrected chi connectivity index (χ4v) is 1.42. The van der Waals surface area contributed by atoms with Crippen LogP contribution in [0.5, 0.6) is 0 Å². The molecule has 0 amide bonds. The molecule has 0 aliphatic heterocycles. The van der Waals surface area contributed by atoms with Crippen LogP contribution in [0.15, 0.2) is 28.8 Å². The van der Waals surface area contributed by atoms with Crippen molar-refractivity contribution in [3.63, 3.8) is 0 Å². The number of nitro benzene ring substituents is 1. The third kappa shape index (κ3) is 3.14. The highest BCUT2D eigenvalue weighted by atomic mass is 16.6. The summed E-state index contributed by atoms with van der Waals surface area (Å²) in [5.74, 6) is 3.22. The Balaban J connectivity index is 2.09. The molecule has 0 bridgehead atoms. The van der Waals surface area contributed by atoms with Crippen molar-refractivity contribution in [1.82, 2.24) is 15.5 Å². The molecule has 2 aromatic rings. The minimum Gasteiger partial charge on any atom is -0.338 e. The molecule has 0 fully saturated rings. The van der Waals surface area contributed by atoms with Crippen molar-refractivity contribution in [2.45, 2.75) is 6.54 Å². The Morgan fingerprint density at radius 1 is 1.42 bits per heavy atom. The Morgan fingerprint density at radius 3 is 2.79 bits per heavy atom. The maximum atomic E-state index is 10.5. The molecule has 0 saturated heterocycles. The lowest BCUT2D eigenvalue weighted by molar-refractivity contribution is -0.384. The van der Waals surface area contributed by atoms with Crippen LogP contribution in [-0.4, -0.2) is 21.6 Å². The standard InChI is InChI=1S/C12H10N4O3/c1-2-7-13-8-11-14-12(15-19-11)9-3-5-10(6-4-9)16(17)18/h1,3-6,13H,7-8H2. The minimum atomic E-state index is -0.463. The van der Waals surface area contributed by atoms with E-state index in [9.17, 15) is 10.1 Å². The van der Waals surface area contributed by atoms with Crippen molar-refractivity contribution in [1.29, 1.82) is 0 Å². The molecule has 96 valence electrons. The summed E-state index contributed by atoms with van der Waals surface area (Å²) in [6, 6.07) is 5.92. The van der Waals surface area contributed by atoms with Crippen LogP contribution >= 0.6 is 0 Å². The van der Waals surface area contributed by atoms with Crippen LogP contribution in [-0.2, 0) is 6.54 Å². The summed E-state index contributed by atoms with van der Waals surface area (Å²) in [6.07, 6.45) is 5.09. The SMILES string of the molecule is C#CCNCc1nc(-c2ccc([N+](=O)[O-])cc2)no1. The molecule has 7 nitrogen and oxygen atoms in total. The normalized spacial score (nSPS) is 10.1. The second kappa shape index (κ2) is 5.75. The van der Waals surface area contributed by atoms with E-state index in [0.717, 1.165) is 0 Å². The summed E-state index contributed by atoms with van der Waals surface area (Å²) in [4.78, 5) is 14.2. The molecule has 7 heteroatoms. The van der Waals surface area contributed by atoms with Crippen molar-refractivity contribution in [3.05, 3.63) is 40.3 Å². The van der Waals surface area contributed by atoms with E-state index in [1.807, 2.05) is 0 Å². The zero-order valence-electron chi connectivity index (χ0n) is 9.87. The van der Waals surface area contributed by atoms with Crippen LogP contribution in [0.3, 0.4) is 0 Å². The first-order valence-electron chi connectivity index (χ1n) is 5.42. The van der Waals surface area contributed by atoms with Crippen LogP contribution in [0.2, 0.25) is 0 Å². The molecule has 0 unspecified atom stereocenters. The van der Waals surface area contributed by atoms with Gasteiger partial charge in [-0.25, -0.2) is 0 Å². The van der Waals surface area contributed by atoms with Crippen LogP contribution in [0.25, 0.3) is 11.4 Å². The molecule has 1 aromatic heterocycles. The van der Waals surface area contributed by atoms with Crippen molar-refractivity contribution >= 4 is 5.69 Å². The fraction of sp³-hybridized carbons (Fsp3) is 0.167. The molecule has 2 rings (SSSR count). The fourth-order valence-electron chi connectivity index (χ4n) is 1.42. The van der Waals surface area contributed by atoms with E-state index < -0.39 is 4.92 Å². The van der Waals surface area contributed by atoms with Gasteiger partial charge in [-0.3, -0.25) is 15.4 Å². The lowest BCUT2D eigenvalue weighted by Gasteiger charge is -1.94. The first kappa shape index (κ1) is 12.7. The second-order valence-electron chi connectivity index (χ2n) is 3.62. The number of rotatable bonds is 5. The number of terminal acetylenes is 1. The highest BCUT2D eigenvalue weighted by Gasteiger charge is 2.10. The first-order chi connectivity index (χ1) is 9.20. The van der Waals surface area contributed by atoms with Gasteiger partial charge >= 0.3 is 0 Å². The largest absolute Gasteiger partial charge is 0.338 e. The molecular formula is C12H10N4O3. The monoisotopic (exact) mass is 258 g/mol. The summed E-state index contributed by atoms with van der Waals surface area (Å²) in [6.45, 7) is 0.791. The van der Waals surface area contributed by atoms with Gasteiger partial charge < -0.3 is 4.52 Å². The number of nitrogens with one attached hydrogen (secondary N) is 1. The Kier molecular flexibility index (Phi) is 3.85. The first-order valence-corrected chi connectivity index (χ1v) is 5.42. The smallest absolute Gasteiger partial charge is 0.269 e. The van der Waals surface area contributed by atoms with E-state index in [0.29, 0.717) is 30.4 Å². The molecule has 0 aliphatic carbocycles. The van der Waals surface area contributed by atoms with Crippen molar-refractivity contribution in [2.24, 2.45) is 0 Å². The Bertz CT molecular complexity index is 613. The highest BCUT2D eigenvalue weighted by Crippen LogP contribution is 2.19. The van der Waals surface area contributed by atoms with E-state index in [2.05, 4.69) is 21.4 Å². The summed E-state index contributed by atoms with van der Waals surface area (Å²) >= 11 is 0. The van der Waals surface area contributed by atoms with Gasteiger partial charge in [0.1, 0.15) is 0 Å². The molecule has 1 N–H and O–H groups in total. The Morgan fingerprint density at radius 2 is 2.16 bits per heavy atom. The molecule has 0 saturated carbocycles. The molecule has 0 aliphatic rings. The van der Waals surface area contributed by atoms with Crippen LogP contribution < -0.4 is 5.32 Å². The topological polar surface area (TPSA) is 94.1 Å². The van der Waals surface area contributed by atoms with Crippen molar-refractivity contribution in [3.8, 4) is 23.7 Å². The molecule has 19 heavy (non-hydrogen) atoms. The predicted octanol–water partition coefficient (Wildman–Crippen LogP) is 1.37. The Labute approximate surface area is 108 Å². The summed E-state index contributed by atoms with van der Waals surface area (Å²) < 4.78 is 5.02. The average Bonchev–Trinajstić information content (AvgIpc) is 2.88. The van der Waals surface area contributed by atoms with Gasteiger partial charge in [0.05, 0.1) is 18.0 Å². The lowest BCUT2D eigenvalue weighted by Crippen LogP contribution is -2.13. The second-order valence-corrected chi connectivity index (χ2v) is 3.62. The molecule has 0 atom stereocenters. The molecule has 0 spiro atoms. The van der Waals surface area contributed by atoms with E-state index in [1.54, 1.807) is 12.1 Å². The van der Waals surface area contributed by atoms with Gasteiger partial charge in [0.15, 0.2) is 0 Å². The summed E-state index contributed by atoms with van der Waals surface area (Å²) in [5.41, 5.74) is 0.667. The predicted molar refractivity (Wildman–Crippen MR) is 66.9 cm³/mol. The van der Waals surface area contributed by atoms with E-state index in [-0.39, 0.29) is 5.69 Å². The number of hydrogen-bond donors (Lipinski definition) is 1. The number of benzene rings is 1. The average molecular weight is 258 g/mol. The van der Waals surface area contributed by atoms with Crippen LogP contribution in [0, 0.1) is 22.5 Å². The maximum absolute atomic E-state index is 10.5. The number of nitrogens with zero attached hydrogens (tertiary/aromatic N) is 3. The molecule has 0 radical (unpaired) electrons. The zero-order valence-corrected chi connectivity index (χ0v) is 9.87. The number of nitro groups is 1. The summed E-state index contributed by atoms with van der Waals surface area (Å²) in [5, 5.41) is 17.2. The highest BCUT2D eigenvalue weighted by molar-refractivity contribution is 5.56. The molecule has 1 heterocycles. The molecule has 1 aromatic carbocycles. The van der Waals surface area contributed by atoms with Crippen molar-refractivity contribution < 1.29 is 9.45 Å². The van der Waals surface area contributed by atoms with Gasteiger partial charge in [-0.15, -0.1) is 6.42 Å². The third-order valence-electron chi connectivity index (χ3n) is 2.31. The Hall–Kier alpha value is -2.72.